The normalized spacial score (nSPS) is 21.6. The lowest BCUT2D eigenvalue weighted by Crippen LogP contribution is -2.19. The number of hydrogen-bond donors (Lipinski definition) is 1. The monoisotopic (exact) mass is 229 g/mol. The van der Waals surface area contributed by atoms with Crippen molar-refractivity contribution < 1.29 is 4.42 Å². The van der Waals surface area contributed by atoms with Gasteiger partial charge < -0.3 is 9.73 Å². The van der Waals surface area contributed by atoms with E-state index in [4.69, 9.17) is 4.42 Å². The van der Waals surface area contributed by atoms with Crippen LogP contribution in [0.15, 0.2) is 28.7 Å². The molecule has 0 spiro atoms. The molecule has 1 saturated heterocycles. The topological polar surface area (TPSA) is 25.2 Å². The third-order valence-electron chi connectivity index (χ3n) is 3.59. The standard InChI is InChI=1S/C15H19NO/c1-11-6-7-14-12(9-11)10-15(17-14)13-5-3-2-4-8-16-13/h6-7,9-10,13,16H,2-5,8H2,1H3. The zero-order valence-electron chi connectivity index (χ0n) is 10.3. The number of benzene rings is 1. The van der Waals surface area contributed by atoms with Gasteiger partial charge in [0.25, 0.3) is 0 Å². The van der Waals surface area contributed by atoms with E-state index in [-0.39, 0.29) is 0 Å². The summed E-state index contributed by atoms with van der Waals surface area (Å²) in [5.41, 5.74) is 2.30. The Kier molecular flexibility index (Phi) is 2.89. The van der Waals surface area contributed by atoms with Gasteiger partial charge in [0.05, 0.1) is 6.04 Å². The lowest BCUT2D eigenvalue weighted by Gasteiger charge is -2.11. The molecule has 2 heteroatoms. The summed E-state index contributed by atoms with van der Waals surface area (Å²) < 4.78 is 5.96. The molecule has 17 heavy (non-hydrogen) atoms. The molecule has 1 fully saturated rings. The van der Waals surface area contributed by atoms with Crippen molar-refractivity contribution in [1.29, 1.82) is 0 Å². The summed E-state index contributed by atoms with van der Waals surface area (Å²) >= 11 is 0. The van der Waals surface area contributed by atoms with E-state index in [9.17, 15) is 0 Å². The smallest absolute Gasteiger partial charge is 0.134 e. The molecule has 1 atom stereocenters. The van der Waals surface area contributed by atoms with Crippen LogP contribution in [0.1, 0.15) is 43.0 Å². The molecule has 1 unspecified atom stereocenters. The Morgan fingerprint density at radius 1 is 1.18 bits per heavy atom. The van der Waals surface area contributed by atoms with Crippen molar-refractivity contribution in [1.82, 2.24) is 5.32 Å². The van der Waals surface area contributed by atoms with Crippen molar-refractivity contribution in [3.05, 3.63) is 35.6 Å². The predicted molar refractivity (Wildman–Crippen MR) is 70.2 cm³/mol. The number of rotatable bonds is 1. The van der Waals surface area contributed by atoms with E-state index in [1.807, 2.05) is 0 Å². The molecular formula is C15H19NO. The molecule has 1 aliphatic rings. The van der Waals surface area contributed by atoms with Gasteiger partial charge in [-0.2, -0.15) is 0 Å². The van der Waals surface area contributed by atoms with E-state index in [1.54, 1.807) is 0 Å². The Morgan fingerprint density at radius 3 is 3.06 bits per heavy atom. The fourth-order valence-corrected chi connectivity index (χ4v) is 2.63. The second kappa shape index (κ2) is 4.53. The molecule has 2 nitrogen and oxygen atoms in total. The summed E-state index contributed by atoms with van der Waals surface area (Å²) in [4.78, 5) is 0. The van der Waals surface area contributed by atoms with E-state index in [0.29, 0.717) is 6.04 Å². The summed E-state index contributed by atoms with van der Waals surface area (Å²) in [6, 6.07) is 8.98. The molecule has 3 rings (SSSR count). The Morgan fingerprint density at radius 2 is 2.12 bits per heavy atom. The first kappa shape index (κ1) is 10.8. The molecule has 1 aromatic heterocycles. The highest BCUT2D eigenvalue weighted by Crippen LogP contribution is 2.28. The molecule has 0 aliphatic carbocycles. The van der Waals surface area contributed by atoms with Gasteiger partial charge in [0.15, 0.2) is 0 Å². The van der Waals surface area contributed by atoms with Gasteiger partial charge in [0.1, 0.15) is 11.3 Å². The van der Waals surface area contributed by atoms with Crippen LogP contribution >= 0.6 is 0 Å². The zero-order valence-corrected chi connectivity index (χ0v) is 10.3. The quantitative estimate of drug-likeness (QED) is 0.801. The van der Waals surface area contributed by atoms with Crippen LogP contribution in [-0.4, -0.2) is 6.54 Å². The molecule has 90 valence electrons. The van der Waals surface area contributed by atoms with Crippen LogP contribution in [0, 0.1) is 6.92 Å². The molecule has 0 amide bonds. The maximum atomic E-state index is 5.96. The zero-order chi connectivity index (χ0) is 11.7. The highest BCUT2D eigenvalue weighted by atomic mass is 16.3. The highest BCUT2D eigenvalue weighted by molar-refractivity contribution is 5.78. The third-order valence-corrected chi connectivity index (χ3v) is 3.59. The molecule has 1 aromatic carbocycles. The van der Waals surface area contributed by atoms with Crippen molar-refractivity contribution in [2.45, 2.75) is 38.6 Å². The largest absolute Gasteiger partial charge is 0.459 e. The van der Waals surface area contributed by atoms with Gasteiger partial charge in [-0.3, -0.25) is 0 Å². The molecule has 1 aliphatic heterocycles. The first-order valence-electron chi connectivity index (χ1n) is 6.56. The van der Waals surface area contributed by atoms with E-state index in [2.05, 4.69) is 36.5 Å². The minimum atomic E-state index is 0.408. The number of nitrogens with one attached hydrogen (secondary N) is 1. The first-order chi connectivity index (χ1) is 8.33. The predicted octanol–water partition coefficient (Wildman–Crippen LogP) is 3.95. The SMILES string of the molecule is Cc1ccc2oc(C3CCCCCN3)cc2c1. The average Bonchev–Trinajstić information content (AvgIpc) is 2.57. The Hall–Kier alpha value is -1.28. The van der Waals surface area contributed by atoms with Gasteiger partial charge in [0.2, 0.25) is 0 Å². The van der Waals surface area contributed by atoms with E-state index in [0.717, 1.165) is 17.9 Å². The van der Waals surface area contributed by atoms with Gasteiger partial charge in [-0.25, -0.2) is 0 Å². The third kappa shape index (κ3) is 2.22. The molecule has 2 aromatic rings. The maximum Gasteiger partial charge on any atom is 0.134 e. The van der Waals surface area contributed by atoms with Crippen molar-refractivity contribution >= 4 is 11.0 Å². The van der Waals surface area contributed by atoms with Crippen LogP contribution < -0.4 is 5.32 Å². The van der Waals surface area contributed by atoms with Gasteiger partial charge in [0, 0.05) is 5.39 Å². The van der Waals surface area contributed by atoms with Gasteiger partial charge in [-0.1, -0.05) is 24.5 Å². The molecule has 2 heterocycles. The van der Waals surface area contributed by atoms with Crippen molar-refractivity contribution in [3.63, 3.8) is 0 Å². The van der Waals surface area contributed by atoms with E-state index < -0.39 is 0 Å². The Balaban J connectivity index is 1.93. The van der Waals surface area contributed by atoms with Crippen molar-refractivity contribution in [2.24, 2.45) is 0 Å². The maximum absolute atomic E-state index is 5.96. The number of fused-ring (bicyclic) bond motifs is 1. The first-order valence-corrected chi connectivity index (χ1v) is 6.56. The number of aryl methyl sites for hydroxylation is 1. The van der Waals surface area contributed by atoms with E-state index >= 15 is 0 Å². The Bertz CT molecular complexity index is 507. The number of hydrogen-bond acceptors (Lipinski definition) is 2. The lowest BCUT2D eigenvalue weighted by molar-refractivity contribution is 0.426. The van der Waals surface area contributed by atoms with Crippen LogP contribution in [0.2, 0.25) is 0 Å². The molecular weight excluding hydrogens is 210 g/mol. The Labute approximate surface area is 102 Å². The second-order valence-corrected chi connectivity index (χ2v) is 5.05. The van der Waals surface area contributed by atoms with Crippen LogP contribution in [0.4, 0.5) is 0 Å². The molecule has 0 bridgehead atoms. The van der Waals surface area contributed by atoms with Crippen LogP contribution in [0.3, 0.4) is 0 Å². The summed E-state index contributed by atoms with van der Waals surface area (Å²) in [7, 11) is 0. The minimum Gasteiger partial charge on any atom is -0.459 e. The number of furan rings is 1. The highest BCUT2D eigenvalue weighted by Gasteiger charge is 2.17. The summed E-state index contributed by atoms with van der Waals surface area (Å²) in [6.45, 7) is 3.23. The summed E-state index contributed by atoms with van der Waals surface area (Å²) in [5.74, 6) is 1.10. The fraction of sp³-hybridized carbons (Fsp3) is 0.467. The van der Waals surface area contributed by atoms with Gasteiger partial charge >= 0.3 is 0 Å². The van der Waals surface area contributed by atoms with E-state index in [1.165, 1.54) is 36.6 Å². The minimum absolute atomic E-state index is 0.408. The second-order valence-electron chi connectivity index (χ2n) is 5.05. The summed E-state index contributed by atoms with van der Waals surface area (Å²) in [6.07, 6.45) is 5.12. The van der Waals surface area contributed by atoms with Crippen LogP contribution in [0.5, 0.6) is 0 Å². The summed E-state index contributed by atoms with van der Waals surface area (Å²) in [5, 5.41) is 4.81. The average molecular weight is 229 g/mol. The van der Waals surface area contributed by atoms with Crippen molar-refractivity contribution in [2.75, 3.05) is 6.54 Å². The molecule has 1 N–H and O–H groups in total. The van der Waals surface area contributed by atoms with Crippen LogP contribution in [-0.2, 0) is 0 Å². The fourth-order valence-electron chi connectivity index (χ4n) is 2.63. The molecule has 0 saturated carbocycles. The van der Waals surface area contributed by atoms with Gasteiger partial charge in [-0.15, -0.1) is 0 Å². The van der Waals surface area contributed by atoms with Gasteiger partial charge in [-0.05, 0) is 44.5 Å². The van der Waals surface area contributed by atoms with Crippen molar-refractivity contribution in [3.8, 4) is 0 Å². The van der Waals surface area contributed by atoms with Crippen LogP contribution in [0.25, 0.3) is 11.0 Å². The molecule has 0 radical (unpaired) electrons. The lowest BCUT2D eigenvalue weighted by atomic mass is 10.1.